The van der Waals surface area contributed by atoms with Gasteiger partial charge in [-0.15, -0.1) is 0 Å². The molecule has 2 aromatic rings. The van der Waals surface area contributed by atoms with E-state index < -0.39 is 16.1 Å². The minimum atomic E-state index is -3.58. The number of hydrogen-bond acceptors (Lipinski definition) is 4. The SMILES string of the molecule is CCC(C(=O)NC)N(Cc1ccccc1C)C(=O)CCCN(c1cccc(Cl)c1C)S(C)(=O)=O. The molecule has 0 aromatic heterocycles. The van der Waals surface area contributed by atoms with E-state index in [0.717, 1.165) is 17.4 Å². The van der Waals surface area contributed by atoms with Crippen molar-refractivity contribution >= 4 is 39.1 Å². The van der Waals surface area contributed by atoms with Crippen molar-refractivity contribution in [3.8, 4) is 0 Å². The maximum Gasteiger partial charge on any atom is 0.242 e. The van der Waals surface area contributed by atoms with Crippen molar-refractivity contribution < 1.29 is 18.0 Å². The number of likely N-dealkylation sites (N-methyl/N-ethyl adjacent to an activating group) is 1. The van der Waals surface area contributed by atoms with Crippen LogP contribution in [0.3, 0.4) is 0 Å². The van der Waals surface area contributed by atoms with Gasteiger partial charge in [-0.2, -0.15) is 0 Å². The first-order valence-electron chi connectivity index (χ1n) is 11.3. The van der Waals surface area contributed by atoms with Gasteiger partial charge in [0.2, 0.25) is 21.8 Å². The van der Waals surface area contributed by atoms with E-state index in [2.05, 4.69) is 5.32 Å². The van der Waals surface area contributed by atoms with Crippen LogP contribution in [0.2, 0.25) is 5.02 Å². The maximum absolute atomic E-state index is 13.3. The molecule has 0 saturated heterocycles. The number of carbonyl (C=O) groups is 2. The van der Waals surface area contributed by atoms with Gasteiger partial charge in [-0.25, -0.2) is 8.42 Å². The molecule has 0 saturated carbocycles. The van der Waals surface area contributed by atoms with Crippen LogP contribution in [0.4, 0.5) is 5.69 Å². The molecule has 0 aliphatic carbocycles. The van der Waals surface area contributed by atoms with Crippen molar-refractivity contribution in [3.63, 3.8) is 0 Å². The monoisotopic (exact) mass is 507 g/mol. The van der Waals surface area contributed by atoms with E-state index in [1.807, 2.05) is 38.1 Å². The summed E-state index contributed by atoms with van der Waals surface area (Å²) in [4.78, 5) is 27.4. The molecule has 0 aliphatic heterocycles. The molecular weight excluding hydrogens is 474 g/mol. The summed E-state index contributed by atoms with van der Waals surface area (Å²) in [6.45, 7) is 6.03. The number of carbonyl (C=O) groups excluding carboxylic acids is 2. The van der Waals surface area contributed by atoms with Crippen LogP contribution in [0.1, 0.15) is 42.9 Å². The highest BCUT2D eigenvalue weighted by Crippen LogP contribution is 2.28. The van der Waals surface area contributed by atoms with E-state index in [1.54, 1.807) is 37.1 Å². The average Bonchev–Trinajstić information content (AvgIpc) is 2.78. The summed E-state index contributed by atoms with van der Waals surface area (Å²) in [5.74, 6) is -0.424. The summed E-state index contributed by atoms with van der Waals surface area (Å²) in [6, 6.07) is 12.2. The van der Waals surface area contributed by atoms with E-state index in [0.29, 0.717) is 35.7 Å². The third-order valence-corrected chi connectivity index (χ3v) is 7.48. The van der Waals surface area contributed by atoms with E-state index in [9.17, 15) is 18.0 Å². The molecule has 0 bridgehead atoms. The van der Waals surface area contributed by atoms with Gasteiger partial charge in [0.15, 0.2) is 0 Å². The molecule has 2 amide bonds. The number of aryl methyl sites for hydroxylation is 1. The largest absolute Gasteiger partial charge is 0.357 e. The first-order valence-corrected chi connectivity index (χ1v) is 13.5. The van der Waals surface area contributed by atoms with E-state index in [1.165, 1.54) is 4.31 Å². The zero-order chi connectivity index (χ0) is 25.5. The van der Waals surface area contributed by atoms with Crippen LogP contribution < -0.4 is 9.62 Å². The lowest BCUT2D eigenvalue weighted by Gasteiger charge is -2.31. The Labute approximate surface area is 208 Å². The fourth-order valence-electron chi connectivity index (χ4n) is 3.91. The van der Waals surface area contributed by atoms with Gasteiger partial charge < -0.3 is 10.2 Å². The van der Waals surface area contributed by atoms with Crippen molar-refractivity contribution in [3.05, 3.63) is 64.2 Å². The Hall–Kier alpha value is -2.58. The molecule has 0 spiro atoms. The standard InChI is InChI=1S/C25H34ClN3O4S/c1-6-22(25(31)27-4)28(17-20-12-8-7-11-18(20)2)24(30)15-10-16-29(34(5,32)33)23-14-9-13-21(26)19(23)3/h7-9,11-14,22H,6,10,15-17H2,1-5H3,(H,27,31). The number of rotatable bonds is 11. The van der Waals surface area contributed by atoms with E-state index >= 15 is 0 Å². The number of halogens is 1. The summed E-state index contributed by atoms with van der Waals surface area (Å²) in [7, 11) is -2.03. The van der Waals surface area contributed by atoms with Gasteiger partial charge in [0.05, 0.1) is 11.9 Å². The second-order valence-electron chi connectivity index (χ2n) is 8.31. The van der Waals surface area contributed by atoms with Crippen LogP contribution in [0.5, 0.6) is 0 Å². The minimum absolute atomic E-state index is 0.102. The number of benzene rings is 2. The highest BCUT2D eigenvalue weighted by atomic mass is 35.5. The van der Waals surface area contributed by atoms with Gasteiger partial charge in [-0.3, -0.25) is 13.9 Å². The molecule has 0 heterocycles. The molecule has 9 heteroatoms. The maximum atomic E-state index is 13.3. The molecule has 34 heavy (non-hydrogen) atoms. The molecule has 2 aromatic carbocycles. The number of sulfonamides is 1. The van der Waals surface area contributed by atoms with Gasteiger partial charge >= 0.3 is 0 Å². The fraction of sp³-hybridized carbons (Fsp3) is 0.440. The Morgan fingerprint density at radius 2 is 1.76 bits per heavy atom. The first-order chi connectivity index (χ1) is 16.0. The van der Waals surface area contributed by atoms with Gasteiger partial charge in [0.1, 0.15) is 6.04 Å². The quantitative estimate of drug-likeness (QED) is 0.497. The number of anilines is 1. The summed E-state index contributed by atoms with van der Waals surface area (Å²) in [5.41, 5.74) is 3.15. The predicted octanol–water partition coefficient (Wildman–Crippen LogP) is 4.06. The lowest BCUT2D eigenvalue weighted by molar-refractivity contribution is -0.141. The lowest BCUT2D eigenvalue weighted by atomic mass is 10.1. The van der Waals surface area contributed by atoms with E-state index in [4.69, 9.17) is 11.6 Å². The van der Waals surface area contributed by atoms with Gasteiger partial charge in [0, 0.05) is 31.6 Å². The molecule has 1 atom stereocenters. The second kappa shape index (κ2) is 12.2. The number of nitrogens with one attached hydrogen (secondary N) is 1. The highest BCUT2D eigenvalue weighted by molar-refractivity contribution is 7.92. The summed E-state index contributed by atoms with van der Waals surface area (Å²) in [5, 5.41) is 3.12. The normalized spacial score (nSPS) is 12.2. The molecule has 7 nitrogen and oxygen atoms in total. The molecule has 0 aliphatic rings. The smallest absolute Gasteiger partial charge is 0.242 e. The van der Waals surface area contributed by atoms with Crippen LogP contribution in [-0.2, 0) is 26.2 Å². The van der Waals surface area contributed by atoms with Crippen molar-refractivity contribution in [2.75, 3.05) is 24.2 Å². The number of hydrogen-bond donors (Lipinski definition) is 1. The summed E-state index contributed by atoms with van der Waals surface area (Å²) < 4.78 is 26.3. The zero-order valence-corrected chi connectivity index (χ0v) is 22.0. The Kier molecular flexibility index (Phi) is 9.94. The molecule has 1 N–H and O–H groups in total. The molecule has 0 radical (unpaired) electrons. The van der Waals surface area contributed by atoms with Crippen LogP contribution in [0, 0.1) is 13.8 Å². The molecule has 1 unspecified atom stereocenters. The second-order valence-corrected chi connectivity index (χ2v) is 10.6. The van der Waals surface area contributed by atoms with E-state index in [-0.39, 0.29) is 24.8 Å². The van der Waals surface area contributed by atoms with Crippen LogP contribution in [-0.4, -0.2) is 51.0 Å². The average molecular weight is 508 g/mol. The van der Waals surface area contributed by atoms with Gasteiger partial charge in [0.25, 0.3) is 0 Å². The Balaban J connectivity index is 2.24. The molecule has 2 rings (SSSR count). The van der Waals surface area contributed by atoms with Crippen molar-refractivity contribution in [2.24, 2.45) is 0 Å². The third kappa shape index (κ3) is 6.96. The third-order valence-electron chi connectivity index (χ3n) is 5.89. The van der Waals surface area contributed by atoms with Crippen molar-refractivity contribution in [1.29, 1.82) is 0 Å². The lowest BCUT2D eigenvalue weighted by Crippen LogP contribution is -2.48. The molecule has 186 valence electrons. The first kappa shape index (κ1) is 27.7. The highest BCUT2D eigenvalue weighted by Gasteiger charge is 2.28. The van der Waals surface area contributed by atoms with Crippen LogP contribution in [0.15, 0.2) is 42.5 Å². The van der Waals surface area contributed by atoms with Crippen molar-refractivity contribution in [2.45, 2.75) is 52.6 Å². The summed E-state index contributed by atoms with van der Waals surface area (Å²) >= 11 is 6.20. The Morgan fingerprint density at radius 1 is 1.09 bits per heavy atom. The fourth-order valence-corrected chi connectivity index (χ4v) is 5.09. The van der Waals surface area contributed by atoms with Gasteiger partial charge in [-0.1, -0.05) is 48.9 Å². The minimum Gasteiger partial charge on any atom is -0.357 e. The molecular formula is C25H34ClN3O4S. The van der Waals surface area contributed by atoms with Crippen LogP contribution >= 0.6 is 11.6 Å². The van der Waals surface area contributed by atoms with Crippen molar-refractivity contribution in [1.82, 2.24) is 10.2 Å². The molecule has 0 fully saturated rings. The van der Waals surface area contributed by atoms with Crippen LogP contribution in [0.25, 0.3) is 0 Å². The topological polar surface area (TPSA) is 86.8 Å². The zero-order valence-electron chi connectivity index (χ0n) is 20.5. The predicted molar refractivity (Wildman–Crippen MR) is 137 cm³/mol. The van der Waals surface area contributed by atoms with Gasteiger partial charge in [-0.05, 0) is 55.5 Å². The summed E-state index contributed by atoms with van der Waals surface area (Å²) in [6.07, 6.45) is 2.00. The number of nitrogens with zero attached hydrogens (tertiary/aromatic N) is 2. The number of amides is 2. The Bertz CT molecular complexity index is 1120. The Morgan fingerprint density at radius 3 is 2.35 bits per heavy atom.